The van der Waals surface area contributed by atoms with E-state index < -0.39 is 0 Å². The lowest BCUT2D eigenvalue weighted by Crippen LogP contribution is -1.78. The molecule has 2 nitrogen and oxygen atoms in total. The van der Waals surface area contributed by atoms with Crippen molar-refractivity contribution in [2.24, 2.45) is 0 Å². The third-order valence-electron chi connectivity index (χ3n) is 5.12. The monoisotopic (exact) mass is 306 g/mol. The second-order valence-electron chi connectivity index (χ2n) is 6.42. The summed E-state index contributed by atoms with van der Waals surface area (Å²) in [7, 11) is 0. The lowest BCUT2D eigenvalue weighted by Gasteiger charge is -2.04. The number of H-pyrrole nitrogens is 2. The van der Waals surface area contributed by atoms with Gasteiger partial charge in [0.15, 0.2) is 0 Å². The second kappa shape index (κ2) is 4.18. The maximum atomic E-state index is 3.56. The number of rotatable bonds is 0. The summed E-state index contributed by atoms with van der Waals surface area (Å²) < 4.78 is 0. The Labute approximate surface area is 137 Å². The predicted octanol–water partition coefficient (Wildman–Crippen LogP) is 6.11. The number of aromatic amines is 2. The first-order valence-corrected chi connectivity index (χ1v) is 8.23. The number of para-hydroxylation sites is 2. The molecule has 112 valence electrons. The smallest absolute Gasteiger partial charge is 0.0471 e. The van der Waals surface area contributed by atoms with Crippen molar-refractivity contribution in [2.45, 2.75) is 0 Å². The highest BCUT2D eigenvalue weighted by molar-refractivity contribution is 6.31. The van der Waals surface area contributed by atoms with Gasteiger partial charge in [-0.1, -0.05) is 48.5 Å². The minimum absolute atomic E-state index is 1.19. The molecule has 0 radical (unpaired) electrons. The molecule has 2 N–H and O–H groups in total. The van der Waals surface area contributed by atoms with E-state index in [-0.39, 0.29) is 0 Å². The normalized spacial score (nSPS) is 12.2. The lowest BCUT2D eigenvalue weighted by molar-refractivity contribution is 1.55. The third-order valence-corrected chi connectivity index (χ3v) is 5.12. The number of aromatic nitrogens is 2. The fraction of sp³-hybridized carbons (Fsp3) is 0. The van der Waals surface area contributed by atoms with Gasteiger partial charge in [0.05, 0.1) is 0 Å². The summed E-state index contributed by atoms with van der Waals surface area (Å²) in [5.74, 6) is 0. The standard InChI is InChI=1S/C22H14N2/c1-3-7-16-14(5-1)21-18(23-16)11-9-13-10-12-19-22(20(13)21)15-6-2-4-8-17(15)24-19/h1-12,23-24H. The molecule has 2 aromatic heterocycles. The van der Waals surface area contributed by atoms with Gasteiger partial charge in [0, 0.05) is 49.0 Å². The average molecular weight is 306 g/mol. The Bertz CT molecular complexity index is 1290. The average Bonchev–Trinajstić information content (AvgIpc) is 3.19. The summed E-state index contributed by atoms with van der Waals surface area (Å²) in [4.78, 5) is 7.13. The van der Waals surface area contributed by atoms with E-state index in [9.17, 15) is 0 Å². The van der Waals surface area contributed by atoms with Crippen LogP contribution in [0, 0.1) is 0 Å². The quantitative estimate of drug-likeness (QED) is 0.339. The van der Waals surface area contributed by atoms with Crippen LogP contribution in [0.2, 0.25) is 0 Å². The largest absolute Gasteiger partial charge is 0.354 e. The molecule has 0 unspecified atom stereocenters. The van der Waals surface area contributed by atoms with Crippen LogP contribution in [0.3, 0.4) is 0 Å². The van der Waals surface area contributed by atoms with Crippen LogP contribution in [0.1, 0.15) is 0 Å². The molecular weight excluding hydrogens is 292 g/mol. The number of nitrogens with one attached hydrogen (secondary N) is 2. The van der Waals surface area contributed by atoms with Gasteiger partial charge in [0.1, 0.15) is 0 Å². The second-order valence-corrected chi connectivity index (χ2v) is 6.42. The molecule has 6 rings (SSSR count). The number of fused-ring (bicyclic) bond motifs is 9. The van der Waals surface area contributed by atoms with E-state index in [0.29, 0.717) is 0 Å². The van der Waals surface area contributed by atoms with Gasteiger partial charge in [-0.15, -0.1) is 0 Å². The molecule has 0 bridgehead atoms. The highest BCUT2D eigenvalue weighted by atomic mass is 14.7. The molecule has 0 aliphatic carbocycles. The molecule has 0 atom stereocenters. The summed E-state index contributed by atoms with van der Waals surface area (Å²) in [5.41, 5.74) is 4.77. The third kappa shape index (κ3) is 1.41. The molecule has 0 aliphatic heterocycles. The Balaban J connectivity index is 2.02. The Kier molecular flexibility index (Phi) is 2.12. The molecule has 6 aromatic rings. The van der Waals surface area contributed by atoms with Gasteiger partial charge < -0.3 is 9.97 Å². The molecule has 2 heteroatoms. The Morgan fingerprint density at radius 1 is 0.417 bits per heavy atom. The van der Waals surface area contributed by atoms with Crippen LogP contribution in [-0.2, 0) is 0 Å². The maximum Gasteiger partial charge on any atom is 0.0471 e. The van der Waals surface area contributed by atoms with E-state index in [4.69, 9.17) is 0 Å². The van der Waals surface area contributed by atoms with E-state index in [0.717, 1.165) is 0 Å². The van der Waals surface area contributed by atoms with Crippen LogP contribution in [0.25, 0.3) is 54.4 Å². The van der Waals surface area contributed by atoms with Crippen LogP contribution in [0.4, 0.5) is 0 Å². The minimum Gasteiger partial charge on any atom is -0.354 e. The first-order valence-electron chi connectivity index (χ1n) is 8.23. The van der Waals surface area contributed by atoms with Gasteiger partial charge in [-0.3, -0.25) is 0 Å². The molecule has 0 amide bonds. The van der Waals surface area contributed by atoms with Crippen molar-refractivity contribution in [2.75, 3.05) is 0 Å². The van der Waals surface area contributed by atoms with Crippen molar-refractivity contribution < 1.29 is 0 Å². The van der Waals surface area contributed by atoms with Crippen LogP contribution in [-0.4, -0.2) is 9.97 Å². The fourth-order valence-corrected chi connectivity index (χ4v) is 4.10. The first-order chi connectivity index (χ1) is 11.9. The summed E-state index contributed by atoms with van der Waals surface area (Å²) >= 11 is 0. The number of hydrogen-bond acceptors (Lipinski definition) is 0. The van der Waals surface area contributed by atoms with Gasteiger partial charge in [-0.2, -0.15) is 0 Å². The van der Waals surface area contributed by atoms with Gasteiger partial charge >= 0.3 is 0 Å². The molecule has 24 heavy (non-hydrogen) atoms. The van der Waals surface area contributed by atoms with E-state index in [1.54, 1.807) is 0 Å². The fourth-order valence-electron chi connectivity index (χ4n) is 4.10. The van der Waals surface area contributed by atoms with E-state index in [1.165, 1.54) is 54.4 Å². The molecule has 0 aliphatic rings. The molecule has 0 fully saturated rings. The van der Waals surface area contributed by atoms with Crippen molar-refractivity contribution >= 4 is 54.4 Å². The van der Waals surface area contributed by atoms with E-state index >= 15 is 0 Å². The van der Waals surface area contributed by atoms with E-state index in [1.807, 2.05) is 0 Å². The Hall–Kier alpha value is -3.26. The molecule has 0 saturated heterocycles. The van der Waals surface area contributed by atoms with Crippen LogP contribution in [0.15, 0.2) is 72.8 Å². The Morgan fingerprint density at radius 2 is 0.917 bits per heavy atom. The van der Waals surface area contributed by atoms with Crippen LogP contribution in [0.5, 0.6) is 0 Å². The Morgan fingerprint density at radius 3 is 1.46 bits per heavy atom. The van der Waals surface area contributed by atoms with Gasteiger partial charge in [0.2, 0.25) is 0 Å². The van der Waals surface area contributed by atoms with Crippen LogP contribution < -0.4 is 0 Å². The zero-order valence-corrected chi connectivity index (χ0v) is 12.9. The zero-order chi connectivity index (χ0) is 15.7. The zero-order valence-electron chi connectivity index (χ0n) is 12.9. The lowest BCUT2D eigenvalue weighted by atomic mass is 9.99. The van der Waals surface area contributed by atoms with Crippen molar-refractivity contribution in [3.63, 3.8) is 0 Å². The summed E-state index contributed by atoms with van der Waals surface area (Å²) in [6.07, 6.45) is 0. The molecule has 4 aromatic carbocycles. The molecule has 2 heterocycles. The van der Waals surface area contributed by atoms with Gasteiger partial charge in [0.25, 0.3) is 0 Å². The summed E-state index contributed by atoms with van der Waals surface area (Å²) in [5, 5.41) is 7.83. The number of benzene rings is 4. The molecule has 0 spiro atoms. The van der Waals surface area contributed by atoms with Crippen molar-refractivity contribution in [3.05, 3.63) is 72.8 Å². The van der Waals surface area contributed by atoms with Crippen LogP contribution >= 0.6 is 0 Å². The summed E-state index contributed by atoms with van der Waals surface area (Å²) in [6.45, 7) is 0. The van der Waals surface area contributed by atoms with Gasteiger partial charge in [-0.05, 0) is 29.7 Å². The van der Waals surface area contributed by atoms with Crippen molar-refractivity contribution in [1.82, 2.24) is 9.97 Å². The highest BCUT2D eigenvalue weighted by Gasteiger charge is 2.13. The van der Waals surface area contributed by atoms with Crippen molar-refractivity contribution in [1.29, 1.82) is 0 Å². The molecular formula is C22H14N2. The maximum absolute atomic E-state index is 3.56. The first kappa shape index (κ1) is 12.2. The summed E-state index contributed by atoms with van der Waals surface area (Å²) in [6, 6.07) is 25.9. The topological polar surface area (TPSA) is 31.6 Å². The SMILES string of the molecule is c1ccc2c(c1)[nH]c1ccc3ccc4[nH]c5ccccc5c4c3c12. The highest BCUT2D eigenvalue weighted by Crippen LogP contribution is 2.39. The van der Waals surface area contributed by atoms with Gasteiger partial charge in [-0.25, -0.2) is 0 Å². The van der Waals surface area contributed by atoms with E-state index in [2.05, 4.69) is 82.8 Å². The number of hydrogen-bond donors (Lipinski definition) is 2. The predicted molar refractivity (Wildman–Crippen MR) is 103 cm³/mol. The van der Waals surface area contributed by atoms with Crippen molar-refractivity contribution in [3.8, 4) is 0 Å². The minimum atomic E-state index is 1.19. The molecule has 0 saturated carbocycles.